The Morgan fingerprint density at radius 3 is 2.11 bits per heavy atom. The quantitative estimate of drug-likeness (QED) is 0.271. The van der Waals surface area contributed by atoms with Gasteiger partial charge in [0.05, 0.1) is 21.3 Å². The van der Waals surface area contributed by atoms with Crippen LogP contribution < -0.4 is 23.7 Å². The number of phenols is 1. The molecule has 8 nitrogen and oxygen atoms in total. The Hall–Kier alpha value is -4.40. The molecule has 1 N–H and O–H groups in total. The molecule has 234 valence electrons. The number of ether oxygens (including phenoxy) is 5. The summed E-state index contributed by atoms with van der Waals surface area (Å²) in [6.07, 6.45) is 3.13. The smallest absolute Gasteiger partial charge is 0.201 e. The van der Waals surface area contributed by atoms with Crippen molar-refractivity contribution in [2.45, 2.75) is 37.8 Å². The molecular formula is C37H40N2O6. The van der Waals surface area contributed by atoms with Crippen LogP contribution in [0.15, 0.2) is 60.7 Å². The van der Waals surface area contributed by atoms with E-state index in [4.69, 9.17) is 23.7 Å². The van der Waals surface area contributed by atoms with E-state index in [1.165, 1.54) is 16.7 Å². The molecule has 0 saturated carbocycles. The Bertz CT molecular complexity index is 1740. The van der Waals surface area contributed by atoms with Gasteiger partial charge in [0.15, 0.2) is 34.5 Å². The lowest BCUT2D eigenvalue weighted by Crippen LogP contribution is -2.34. The van der Waals surface area contributed by atoms with Crippen LogP contribution in [0.1, 0.15) is 45.5 Å². The molecular weight excluding hydrogens is 568 g/mol. The summed E-state index contributed by atoms with van der Waals surface area (Å²) in [5, 5.41) is 11.7. The van der Waals surface area contributed by atoms with E-state index >= 15 is 0 Å². The van der Waals surface area contributed by atoms with Crippen molar-refractivity contribution < 1.29 is 28.8 Å². The van der Waals surface area contributed by atoms with E-state index in [0.29, 0.717) is 40.9 Å². The third kappa shape index (κ3) is 5.22. The predicted octanol–water partition coefficient (Wildman–Crippen LogP) is 6.86. The first-order valence-electron chi connectivity index (χ1n) is 15.5. The minimum Gasteiger partial charge on any atom is -0.502 e. The molecule has 4 bridgehead atoms. The van der Waals surface area contributed by atoms with Crippen molar-refractivity contribution in [2.24, 2.45) is 0 Å². The Balaban J connectivity index is 1.48. The number of fused-ring (bicyclic) bond motifs is 2. The molecule has 4 aromatic carbocycles. The Kier molecular flexibility index (Phi) is 7.71. The van der Waals surface area contributed by atoms with Crippen LogP contribution in [-0.2, 0) is 25.7 Å². The van der Waals surface area contributed by atoms with Crippen LogP contribution in [0, 0.1) is 0 Å². The largest absolute Gasteiger partial charge is 0.502 e. The lowest BCUT2D eigenvalue weighted by Gasteiger charge is -2.37. The fourth-order valence-corrected chi connectivity index (χ4v) is 7.14. The maximum Gasteiger partial charge on any atom is 0.201 e. The van der Waals surface area contributed by atoms with Crippen LogP contribution in [0.25, 0.3) is 0 Å². The molecule has 0 aromatic heterocycles. The fourth-order valence-electron chi connectivity index (χ4n) is 7.14. The topological polar surface area (TPSA) is 72.9 Å². The first-order chi connectivity index (χ1) is 21.9. The van der Waals surface area contributed by atoms with Crippen LogP contribution in [0.3, 0.4) is 0 Å². The summed E-state index contributed by atoms with van der Waals surface area (Å²) in [6.45, 7) is 1.78. The summed E-state index contributed by atoms with van der Waals surface area (Å²) in [6, 6.07) is 20.5. The van der Waals surface area contributed by atoms with Gasteiger partial charge < -0.3 is 28.8 Å². The SMILES string of the molecule is COc1cc2c3cc1Oc1c(O)c(OC)cc4c1[C@@H](Cc1cccc(OC)c1Oc1ccc(cc1)C[C@H]3N(C)CC2)N(C)CC4. The maximum atomic E-state index is 11.7. The van der Waals surface area contributed by atoms with Crippen molar-refractivity contribution in [2.75, 3.05) is 48.5 Å². The molecule has 4 aromatic rings. The zero-order valence-electron chi connectivity index (χ0n) is 26.6. The lowest BCUT2D eigenvalue weighted by molar-refractivity contribution is 0.219. The zero-order valence-corrected chi connectivity index (χ0v) is 26.6. The highest BCUT2D eigenvalue weighted by molar-refractivity contribution is 5.63. The monoisotopic (exact) mass is 608 g/mol. The van der Waals surface area contributed by atoms with Gasteiger partial charge in [-0.15, -0.1) is 0 Å². The van der Waals surface area contributed by atoms with Crippen LogP contribution in [0.5, 0.6) is 46.0 Å². The zero-order chi connectivity index (χ0) is 31.2. The van der Waals surface area contributed by atoms with Crippen molar-refractivity contribution in [1.82, 2.24) is 9.80 Å². The van der Waals surface area contributed by atoms with Gasteiger partial charge in [0.1, 0.15) is 5.75 Å². The molecule has 0 radical (unpaired) electrons. The van der Waals surface area contributed by atoms with Crippen molar-refractivity contribution in [3.8, 4) is 46.0 Å². The minimum atomic E-state index is -0.129. The molecule has 0 unspecified atom stereocenters. The van der Waals surface area contributed by atoms with Gasteiger partial charge in [0.25, 0.3) is 0 Å². The lowest BCUT2D eigenvalue weighted by atomic mass is 9.87. The van der Waals surface area contributed by atoms with E-state index in [0.717, 1.165) is 54.8 Å². The average molecular weight is 609 g/mol. The van der Waals surface area contributed by atoms with Crippen molar-refractivity contribution in [3.63, 3.8) is 0 Å². The van der Waals surface area contributed by atoms with E-state index in [2.05, 4.69) is 54.2 Å². The molecule has 4 aliphatic heterocycles. The number of para-hydroxylation sites is 1. The second-order valence-electron chi connectivity index (χ2n) is 12.2. The molecule has 0 fully saturated rings. The first kappa shape index (κ1) is 29.3. The molecule has 45 heavy (non-hydrogen) atoms. The molecule has 8 heteroatoms. The summed E-state index contributed by atoms with van der Waals surface area (Å²) in [7, 11) is 9.19. The molecule has 2 atom stereocenters. The standard InChI is InChI=1S/C37H40N2O6/c1-38-15-13-23-19-31(42-4)32-21-27(23)28(38)17-22-9-11-26(12-10-22)44-36-25(7-6-8-30(36)41-3)18-29-34-24(14-16-39(29)2)20-33(43-5)35(40)37(34)45-32/h6-12,19-21,28-29,40H,13-18H2,1-5H3/t28-,29-/m1/s1. The van der Waals surface area contributed by atoms with Crippen LogP contribution in [0.2, 0.25) is 0 Å². The number of likely N-dealkylation sites (N-methyl/N-ethyl adjacent to an activating group) is 2. The van der Waals surface area contributed by atoms with E-state index in [9.17, 15) is 5.11 Å². The molecule has 0 saturated heterocycles. The van der Waals surface area contributed by atoms with Gasteiger partial charge in [0, 0.05) is 36.3 Å². The third-order valence-corrected chi connectivity index (χ3v) is 9.69. The Morgan fingerprint density at radius 2 is 1.38 bits per heavy atom. The number of hydrogen-bond donors (Lipinski definition) is 1. The van der Waals surface area contributed by atoms with Gasteiger partial charge in [-0.3, -0.25) is 9.80 Å². The fraction of sp³-hybridized carbons (Fsp3) is 0.351. The normalized spacial score (nSPS) is 19.4. The molecule has 8 rings (SSSR count). The van der Waals surface area contributed by atoms with E-state index in [1.807, 2.05) is 30.3 Å². The second-order valence-corrected chi connectivity index (χ2v) is 12.2. The molecule has 0 aliphatic carbocycles. The molecule has 0 amide bonds. The number of methoxy groups -OCH3 is 3. The van der Waals surface area contributed by atoms with Gasteiger partial charge in [-0.05, 0) is 98.4 Å². The summed E-state index contributed by atoms with van der Waals surface area (Å²) < 4.78 is 30.8. The number of rotatable bonds is 3. The Labute approximate surface area is 264 Å². The van der Waals surface area contributed by atoms with E-state index in [1.54, 1.807) is 21.3 Å². The van der Waals surface area contributed by atoms with Crippen molar-refractivity contribution >= 4 is 0 Å². The van der Waals surface area contributed by atoms with E-state index < -0.39 is 0 Å². The molecule has 4 aliphatic rings. The summed E-state index contributed by atoms with van der Waals surface area (Å²) >= 11 is 0. The highest BCUT2D eigenvalue weighted by atomic mass is 16.5. The first-order valence-corrected chi connectivity index (χ1v) is 15.5. The average Bonchev–Trinajstić information content (AvgIpc) is 3.05. The summed E-state index contributed by atoms with van der Waals surface area (Å²) in [5.41, 5.74) is 6.65. The summed E-state index contributed by atoms with van der Waals surface area (Å²) in [4.78, 5) is 4.70. The van der Waals surface area contributed by atoms with Gasteiger partial charge >= 0.3 is 0 Å². The highest BCUT2D eigenvalue weighted by Gasteiger charge is 2.35. The van der Waals surface area contributed by atoms with E-state index in [-0.39, 0.29) is 17.8 Å². The van der Waals surface area contributed by atoms with Gasteiger partial charge in [0.2, 0.25) is 5.75 Å². The number of hydrogen-bond acceptors (Lipinski definition) is 8. The third-order valence-electron chi connectivity index (χ3n) is 9.69. The van der Waals surface area contributed by atoms with Gasteiger partial charge in [-0.25, -0.2) is 0 Å². The van der Waals surface area contributed by atoms with Crippen molar-refractivity contribution in [1.29, 1.82) is 0 Å². The van der Waals surface area contributed by atoms with Gasteiger partial charge in [-0.1, -0.05) is 24.3 Å². The predicted molar refractivity (Wildman–Crippen MR) is 173 cm³/mol. The minimum absolute atomic E-state index is 0.0254. The van der Waals surface area contributed by atoms with Crippen molar-refractivity contribution in [3.05, 3.63) is 94.0 Å². The summed E-state index contributed by atoms with van der Waals surface area (Å²) in [5.74, 6) is 4.06. The van der Waals surface area contributed by atoms with Crippen LogP contribution in [-0.4, -0.2) is 63.4 Å². The molecule has 4 heterocycles. The van der Waals surface area contributed by atoms with Crippen LogP contribution in [0.4, 0.5) is 0 Å². The molecule has 0 spiro atoms. The van der Waals surface area contributed by atoms with Crippen LogP contribution >= 0.6 is 0 Å². The van der Waals surface area contributed by atoms with Gasteiger partial charge in [-0.2, -0.15) is 0 Å². The number of aromatic hydroxyl groups is 1. The second kappa shape index (κ2) is 11.8. The Morgan fingerprint density at radius 1 is 0.689 bits per heavy atom. The maximum absolute atomic E-state index is 11.7. The number of nitrogens with zero attached hydrogens (tertiary/aromatic N) is 2. The number of phenolic OH excluding ortho intramolecular Hbond substituents is 1. The number of benzene rings is 4. The highest BCUT2D eigenvalue weighted by Crippen LogP contribution is 2.52.